The summed E-state index contributed by atoms with van der Waals surface area (Å²) in [7, 11) is 0. The van der Waals surface area contributed by atoms with Gasteiger partial charge in [-0.05, 0) is 32.1 Å². The summed E-state index contributed by atoms with van der Waals surface area (Å²) in [6, 6.07) is 0.285. The smallest absolute Gasteiger partial charge is 0.0695 e. The fourth-order valence-electron chi connectivity index (χ4n) is 1.89. The SMILES string of the molecule is C=C(C)CNC1CCC(C)CC1O. The van der Waals surface area contributed by atoms with Crippen LogP contribution in [0, 0.1) is 5.92 Å². The fraction of sp³-hybridized carbons (Fsp3) is 0.818. The van der Waals surface area contributed by atoms with Crippen molar-refractivity contribution in [1.82, 2.24) is 5.32 Å². The second-order valence-corrected chi connectivity index (χ2v) is 4.43. The lowest BCUT2D eigenvalue weighted by Gasteiger charge is -2.32. The van der Waals surface area contributed by atoms with Gasteiger partial charge in [-0.1, -0.05) is 19.1 Å². The van der Waals surface area contributed by atoms with E-state index in [0.717, 1.165) is 25.0 Å². The fourth-order valence-corrected chi connectivity index (χ4v) is 1.89. The molecule has 76 valence electrons. The number of nitrogens with one attached hydrogen (secondary N) is 1. The molecule has 2 heteroatoms. The highest BCUT2D eigenvalue weighted by molar-refractivity contribution is 4.94. The van der Waals surface area contributed by atoms with Gasteiger partial charge in [0.1, 0.15) is 0 Å². The topological polar surface area (TPSA) is 32.3 Å². The molecule has 1 aliphatic carbocycles. The van der Waals surface area contributed by atoms with Gasteiger partial charge in [0.05, 0.1) is 6.10 Å². The van der Waals surface area contributed by atoms with E-state index in [9.17, 15) is 5.11 Å². The van der Waals surface area contributed by atoms with Gasteiger partial charge in [-0.25, -0.2) is 0 Å². The van der Waals surface area contributed by atoms with E-state index in [0.29, 0.717) is 5.92 Å². The van der Waals surface area contributed by atoms with Crippen molar-refractivity contribution in [2.45, 2.75) is 45.3 Å². The van der Waals surface area contributed by atoms with E-state index in [-0.39, 0.29) is 12.1 Å². The molecule has 0 saturated heterocycles. The third-order valence-corrected chi connectivity index (χ3v) is 2.74. The first-order chi connectivity index (χ1) is 6.09. The predicted octanol–water partition coefficient (Wildman–Crippen LogP) is 1.70. The minimum absolute atomic E-state index is 0.164. The maximum atomic E-state index is 9.76. The van der Waals surface area contributed by atoms with Crippen molar-refractivity contribution in [3.8, 4) is 0 Å². The lowest BCUT2D eigenvalue weighted by Crippen LogP contribution is -2.44. The van der Waals surface area contributed by atoms with Crippen molar-refractivity contribution < 1.29 is 5.11 Å². The third kappa shape index (κ3) is 3.49. The lowest BCUT2D eigenvalue weighted by atomic mass is 9.85. The number of hydrogen-bond donors (Lipinski definition) is 2. The molecular weight excluding hydrogens is 162 g/mol. The van der Waals surface area contributed by atoms with Gasteiger partial charge < -0.3 is 10.4 Å². The van der Waals surface area contributed by atoms with E-state index in [1.54, 1.807) is 0 Å². The van der Waals surface area contributed by atoms with Crippen LogP contribution in [-0.2, 0) is 0 Å². The normalized spacial score (nSPS) is 34.5. The van der Waals surface area contributed by atoms with Crippen molar-refractivity contribution in [3.63, 3.8) is 0 Å². The summed E-state index contributed by atoms with van der Waals surface area (Å²) in [6.07, 6.45) is 3.09. The van der Waals surface area contributed by atoms with E-state index in [1.807, 2.05) is 6.92 Å². The van der Waals surface area contributed by atoms with Crippen LogP contribution in [0.1, 0.15) is 33.1 Å². The molecule has 3 unspecified atom stereocenters. The largest absolute Gasteiger partial charge is 0.391 e. The molecule has 0 aromatic heterocycles. The zero-order chi connectivity index (χ0) is 9.84. The Kier molecular flexibility index (Phi) is 3.94. The summed E-state index contributed by atoms with van der Waals surface area (Å²) >= 11 is 0. The molecule has 0 radical (unpaired) electrons. The first-order valence-electron chi connectivity index (χ1n) is 5.15. The minimum Gasteiger partial charge on any atom is -0.391 e. The van der Waals surface area contributed by atoms with Crippen LogP contribution < -0.4 is 5.32 Å². The van der Waals surface area contributed by atoms with Crippen LogP contribution in [0.25, 0.3) is 0 Å². The van der Waals surface area contributed by atoms with E-state index in [4.69, 9.17) is 0 Å². The second-order valence-electron chi connectivity index (χ2n) is 4.43. The average molecular weight is 183 g/mol. The minimum atomic E-state index is -0.164. The number of hydrogen-bond acceptors (Lipinski definition) is 2. The highest BCUT2D eigenvalue weighted by Crippen LogP contribution is 2.23. The second kappa shape index (κ2) is 4.77. The molecule has 1 rings (SSSR count). The quantitative estimate of drug-likeness (QED) is 0.653. The van der Waals surface area contributed by atoms with Crippen molar-refractivity contribution in [1.29, 1.82) is 0 Å². The van der Waals surface area contributed by atoms with E-state index >= 15 is 0 Å². The molecule has 0 amide bonds. The van der Waals surface area contributed by atoms with Crippen LogP contribution in [0.5, 0.6) is 0 Å². The highest BCUT2D eigenvalue weighted by atomic mass is 16.3. The van der Waals surface area contributed by atoms with Gasteiger partial charge in [-0.2, -0.15) is 0 Å². The van der Waals surface area contributed by atoms with Crippen LogP contribution in [-0.4, -0.2) is 23.8 Å². The van der Waals surface area contributed by atoms with Gasteiger partial charge in [-0.15, -0.1) is 0 Å². The van der Waals surface area contributed by atoms with Crippen LogP contribution in [0.2, 0.25) is 0 Å². The summed E-state index contributed by atoms with van der Waals surface area (Å²) < 4.78 is 0. The molecule has 0 bridgehead atoms. The summed E-state index contributed by atoms with van der Waals surface area (Å²) in [5.41, 5.74) is 1.13. The molecule has 0 aromatic carbocycles. The van der Waals surface area contributed by atoms with E-state index in [2.05, 4.69) is 18.8 Å². The Morgan fingerprint density at radius 3 is 2.77 bits per heavy atom. The zero-order valence-electron chi connectivity index (χ0n) is 8.71. The van der Waals surface area contributed by atoms with Gasteiger partial charge >= 0.3 is 0 Å². The van der Waals surface area contributed by atoms with Crippen LogP contribution >= 0.6 is 0 Å². The Morgan fingerprint density at radius 1 is 1.54 bits per heavy atom. The molecule has 13 heavy (non-hydrogen) atoms. The number of aliphatic hydroxyl groups excluding tert-OH is 1. The first kappa shape index (κ1) is 10.7. The van der Waals surface area contributed by atoms with Crippen molar-refractivity contribution in [2.24, 2.45) is 5.92 Å². The average Bonchev–Trinajstić information content (AvgIpc) is 2.02. The van der Waals surface area contributed by atoms with Crippen molar-refractivity contribution >= 4 is 0 Å². The molecule has 0 heterocycles. The molecule has 2 N–H and O–H groups in total. The lowest BCUT2D eigenvalue weighted by molar-refractivity contribution is 0.0710. The molecule has 1 aliphatic rings. The Morgan fingerprint density at radius 2 is 2.23 bits per heavy atom. The monoisotopic (exact) mass is 183 g/mol. The molecule has 1 saturated carbocycles. The Bertz CT molecular complexity index is 179. The van der Waals surface area contributed by atoms with Gasteiger partial charge in [0.2, 0.25) is 0 Å². The summed E-state index contributed by atoms with van der Waals surface area (Å²) in [5.74, 6) is 0.679. The predicted molar refractivity (Wildman–Crippen MR) is 55.6 cm³/mol. The first-order valence-corrected chi connectivity index (χ1v) is 5.15. The third-order valence-electron chi connectivity index (χ3n) is 2.74. The molecule has 2 nitrogen and oxygen atoms in total. The van der Waals surface area contributed by atoms with Crippen molar-refractivity contribution in [3.05, 3.63) is 12.2 Å². The molecule has 3 atom stereocenters. The van der Waals surface area contributed by atoms with Gasteiger partial charge in [0.15, 0.2) is 0 Å². The maximum absolute atomic E-state index is 9.76. The molecule has 0 aliphatic heterocycles. The van der Waals surface area contributed by atoms with Crippen LogP contribution in [0.15, 0.2) is 12.2 Å². The molecule has 0 spiro atoms. The highest BCUT2D eigenvalue weighted by Gasteiger charge is 2.25. The number of aliphatic hydroxyl groups is 1. The number of rotatable bonds is 3. The Labute approximate surface area is 81.0 Å². The summed E-state index contributed by atoms with van der Waals surface area (Å²) in [4.78, 5) is 0. The molecular formula is C11H21NO. The van der Waals surface area contributed by atoms with Crippen LogP contribution in [0.4, 0.5) is 0 Å². The van der Waals surface area contributed by atoms with Gasteiger partial charge in [-0.3, -0.25) is 0 Å². The summed E-state index contributed by atoms with van der Waals surface area (Å²) in [5, 5.41) is 13.1. The van der Waals surface area contributed by atoms with Gasteiger partial charge in [0, 0.05) is 12.6 Å². The molecule has 1 fully saturated rings. The zero-order valence-corrected chi connectivity index (χ0v) is 8.71. The maximum Gasteiger partial charge on any atom is 0.0695 e. The summed E-state index contributed by atoms with van der Waals surface area (Å²) in [6.45, 7) is 8.88. The molecule has 0 aromatic rings. The standard InChI is InChI=1S/C11H21NO/c1-8(2)7-12-10-5-4-9(3)6-11(10)13/h9-13H,1,4-7H2,2-3H3. The van der Waals surface area contributed by atoms with E-state index in [1.165, 1.54) is 6.42 Å². The van der Waals surface area contributed by atoms with Crippen LogP contribution in [0.3, 0.4) is 0 Å². The van der Waals surface area contributed by atoms with Gasteiger partial charge in [0.25, 0.3) is 0 Å². The van der Waals surface area contributed by atoms with Crippen molar-refractivity contribution in [2.75, 3.05) is 6.54 Å². The Balaban J connectivity index is 2.29. The van der Waals surface area contributed by atoms with E-state index < -0.39 is 0 Å². The Hall–Kier alpha value is -0.340.